The molecule has 0 fully saturated rings. The molecule has 0 saturated heterocycles. The van der Waals surface area contributed by atoms with E-state index in [1.807, 2.05) is 36.4 Å². The number of halogens is 1. The summed E-state index contributed by atoms with van der Waals surface area (Å²) in [6, 6.07) is 14.9. The molecule has 0 aliphatic rings. The van der Waals surface area contributed by atoms with Crippen LogP contribution in [0.3, 0.4) is 0 Å². The first kappa shape index (κ1) is 13.7. The predicted octanol–water partition coefficient (Wildman–Crippen LogP) is 3.41. The van der Waals surface area contributed by atoms with Crippen molar-refractivity contribution in [3.8, 4) is 0 Å². The van der Waals surface area contributed by atoms with Gasteiger partial charge < -0.3 is 4.98 Å². The van der Waals surface area contributed by atoms with Gasteiger partial charge in [0.05, 0.1) is 6.21 Å². The van der Waals surface area contributed by atoms with Crippen molar-refractivity contribution in [3.05, 3.63) is 75.8 Å². The van der Waals surface area contributed by atoms with Gasteiger partial charge in [0.1, 0.15) is 17.4 Å². The Bertz CT molecular complexity index is 1110. The summed E-state index contributed by atoms with van der Waals surface area (Å²) < 4.78 is 1.21. The molecule has 4 rings (SSSR count). The Morgan fingerprint density at radius 1 is 1.17 bits per heavy atom. The summed E-state index contributed by atoms with van der Waals surface area (Å²) in [6.07, 6.45) is 3.00. The first-order valence-electron chi connectivity index (χ1n) is 7.00. The van der Waals surface area contributed by atoms with Gasteiger partial charge in [-0.25, -0.2) is 4.98 Å². The van der Waals surface area contributed by atoms with E-state index in [1.165, 1.54) is 11.0 Å². The fourth-order valence-electron chi connectivity index (χ4n) is 2.49. The van der Waals surface area contributed by atoms with E-state index < -0.39 is 0 Å². The number of aromatic amines is 1. The highest BCUT2D eigenvalue weighted by Gasteiger charge is 2.09. The van der Waals surface area contributed by atoms with E-state index in [2.05, 4.69) is 15.1 Å². The van der Waals surface area contributed by atoms with E-state index in [9.17, 15) is 4.79 Å². The number of hydrogen-bond acceptors (Lipinski definition) is 3. The maximum Gasteiger partial charge on any atom is 0.298 e. The lowest BCUT2D eigenvalue weighted by atomic mass is 10.2. The predicted molar refractivity (Wildman–Crippen MR) is 92.3 cm³/mol. The molecule has 2 aromatic heterocycles. The van der Waals surface area contributed by atoms with E-state index in [-0.39, 0.29) is 5.56 Å². The van der Waals surface area contributed by atoms with Crippen molar-refractivity contribution in [1.29, 1.82) is 0 Å². The highest BCUT2D eigenvalue weighted by Crippen LogP contribution is 2.20. The van der Waals surface area contributed by atoms with E-state index >= 15 is 0 Å². The van der Waals surface area contributed by atoms with Crippen LogP contribution in [0, 0.1) is 0 Å². The Morgan fingerprint density at radius 3 is 2.91 bits per heavy atom. The third-order valence-corrected chi connectivity index (χ3v) is 3.81. The molecule has 0 spiro atoms. The van der Waals surface area contributed by atoms with Gasteiger partial charge in [-0.1, -0.05) is 41.9 Å². The third-order valence-electron chi connectivity index (χ3n) is 3.58. The van der Waals surface area contributed by atoms with E-state index in [1.54, 1.807) is 18.3 Å². The molecule has 112 valence electrons. The molecule has 2 heterocycles. The van der Waals surface area contributed by atoms with Crippen LogP contribution in [0.15, 0.2) is 64.8 Å². The molecule has 23 heavy (non-hydrogen) atoms. The summed E-state index contributed by atoms with van der Waals surface area (Å²) in [5.41, 5.74) is 2.53. The lowest BCUT2D eigenvalue weighted by Crippen LogP contribution is -2.17. The minimum atomic E-state index is -0.246. The summed E-state index contributed by atoms with van der Waals surface area (Å²) in [6.45, 7) is 0. The van der Waals surface area contributed by atoms with Gasteiger partial charge in [0.2, 0.25) is 0 Å². The molecule has 5 nitrogen and oxygen atoms in total. The van der Waals surface area contributed by atoms with Crippen LogP contribution in [-0.2, 0) is 0 Å². The van der Waals surface area contributed by atoms with E-state index in [0.717, 1.165) is 16.5 Å². The molecular formula is C17H11ClN4O. The minimum absolute atomic E-state index is 0.246. The van der Waals surface area contributed by atoms with Crippen LogP contribution in [0.1, 0.15) is 5.56 Å². The van der Waals surface area contributed by atoms with Crippen molar-refractivity contribution >= 4 is 39.8 Å². The molecular weight excluding hydrogens is 312 g/mol. The molecule has 0 saturated carbocycles. The molecule has 0 amide bonds. The third kappa shape index (κ3) is 2.41. The summed E-state index contributed by atoms with van der Waals surface area (Å²) in [7, 11) is 0. The van der Waals surface area contributed by atoms with Crippen molar-refractivity contribution < 1.29 is 0 Å². The van der Waals surface area contributed by atoms with Gasteiger partial charge >= 0.3 is 0 Å². The van der Waals surface area contributed by atoms with Crippen LogP contribution < -0.4 is 5.56 Å². The lowest BCUT2D eigenvalue weighted by Gasteiger charge is -1.98. The van der Waals surface area contributed by atoms with Crippen LogP contribution in [0.2, 0.25) is 5.02 Å². The first-order chi connectivity index (χ1) is 11.2. The summed E-state index contributed by atoms with van der Waals surface area (Å²) in [5, 5.41) is 5.71. The second kappa shape index (κ2) is 5.37. The van der Waals surface area contributed by atoms with Crippen LogP contribution in [0.25, 0.3) is 21.9 Å². The van der Waals surface area contributed by atoms with Gasteiger partial charge in [-0.05, 0) is 23.8 Å². The SMILES string of the molecule is O=c1c2[nH]c3ccccc3c2ncn1N=Cc1cccc(Cl)c1. The van der Waals surface area contributed by atoms with Crippen LogP contribution in [-0.4, -0.2) is 20.9 Å². The van der Waals surface area contributed by atoms with Crippen LogP contribution >= 0.6 is 11.6 Å². The topological polar surface area (TPSA) is 63.0 Å². The molecule has 1 N–H and O–H groups in total. The second-order valence-corrected chi connectivity index (χ2v) is 5.52. The molecule has 6 heteroatoms. The molecule has 2 aromatic carbocycles. The maximum atomic E-state index is 12.5. The van der Waals surface area contributed by atoms with E-state index in [0.29, 0.717) is 16.1 Å². The number of hydrogen-bond donors (Lipinski definition) is 1. The van der Waals surface area contributed by atoms with Crippen LogP contribution in [0.5, 0.6) is 0 Å². The number of benzene rings is 2. The zero-order valence-electron chi connectivity index (χ0n) is 11.9. The quantitative estimate of drug-likeness (QED) is 0.575. The smallest absolute Gasteiger partial charge is 0.298 e. The maximum absolute atomic E-state index is 12.5. The number of fused-ring (bicyclic) bond motifs is 3. The van der Waals surface area contributed by atoms with Gasteiger partial charge in [-0.15, -0.1) is 0 Å². The monoisotopic (exact) mass is 322 g/mol. The Morgan fingerprint density at radius 2 is 2.04 bits per heavy atom. The largest absolute Gasteiger partial charge is 0.349 e. The van der Waals surface area contributed by atoms with Crippen molar-refractivity contribution in [3.63, 3.8) is 0 Å². The number of aromatic nitrogens is 3. The molecule has 0 aliphatic heterocycles. The zero-order chi connectivity index (χ0) is 15.8. The molecule has 0 unspecified atom stereocenters. The molecule has 0 atom stereocenters. The normalized spacial score (nSPS) is 11.7. The second-order valence-electron chi connectivity index (χ2n) is 5.09. The van der Waals surface area contributed by atoms with Gasteiger partial charge in [0.15, 0.2) is 0 Å². The average molecular weight is 323 g/mol. The van der Waals surface area contributed by atoms with Crippen molar-refractivity contribution in [1.82, 2.24) is 14.6 Å². The molecule has 0 radical (unpaired) electrons. The Kier molecular flexibility index (Phi) is 3.20. The first-order valence-corrected chi connectivity index (χ1v) is 7.38. The highest BCUT2D eigenvalue weighted by molar-refractivity contribution is 6.30. The fraction of sp³-hybridized carbons (Fsp3) is 0. The highest BCUT2D eigenvalue weighted by atomic mass is 35.5. The number of rotatable bonds is 2. The molecule has 0 aliphatic carbocycles. The minimum Gasteiger partial charge on any atom is -0.349 e. The molecule has 4 aromatic rings. The van der Waals surface area contributed by atoms with Crippen molar-refractivity contribution in [2.45, 2.75) is 0 Å². The number of para-hydroxylation sites is 1. The summed E-state index contributed by atoms with van der Waals surface area (Å²) in [5.74, 6) is 0. The van der Waals surface area contributed by atoms with Gasteiger partial charge in [-0.2, -0.15) is 9.78 Å². The van der Waals surface area contributed by atoms with Gasteiger partial charge in [0, 0.05) is 15.9 Å². The Labute approximate surface area is 135 Å². The van der Waals surface area contributed by atoms with Crippen LogP contribution in [0.4, 0.5) is 0 Å². The van der Waals surface area contributed by atoms with Crippen molar-refractivity contribution in [2.75, 3.05) is 0 Å². The summed E-state index contributed by atoms with van der Waals surface area (Å²) in [4.78, 5) is 20.0. The number of H-pyrrole nitrogens is 1. The summed E-state index contributed by atoms with van der Waals surface area (Å²) >= 11 is 5.93. The fourth-order valence-corrected chi connectivity index (χ4v) is 2.69. The van der Waals surface area contributed by atoms with Gasteiger partial charge in [-0.3, -0.25) is 4.79 Å². The van der Waals surface area contributed by atoms with Crippen molar-refractivity contribution in [2.24, 2.45) is 5.10 Å². The zero-order valence-corrected chi connectivity index (χ0v) is 12.7. The lowest BCUT2D eigenvalue weighted by molar-refractivity contribution is 0.815. The number of nitrogens with one attached hydrogen (secondary N) is 1. The van der Waals surface area contributed by atoms with E-state index in [4.69, 9.17) is 11.6 Å². The number of nitrogens with zero attached hydrogens (tertiary/aromatic N) is 3. The Balaban J connectivity index is 1.83. The standard InChI is InChI=1S/C17H11ClN4O/c18-12-5-3-4-11(8-12)9-20-22-10-19-15-13-6-1-2-7-14(13)21-16(15)17(22)23/h1-10,21H. The Hall–Kier alpha value is -2.92. The average Bonchev–Trinajstić information content (AvgIpc) is 2.94. The molecule has 0 bridgehead atoms. The van der Waals surface area contributed by atoms with Gasteiger partial charge in [0.25, 0.3) is 5.56 Å².